The molecular weight excluding hydrogens is 572 g/mol. The number of carbonyl (C=O) groups is 1. The molecule has 4 aromatic rings. The maximum atomic E-state index is 16.5. The number of phenolic OH excluding ortho intramolecular Hbond substituents is 1. The van der Waals surface area contributed by atoms with Crippen LogP contribution in [0.15, 0.2) is 42.0 Å². The minimum absolute atomic E-state index is 0.0575. The third kappa shape index (κ3) is 4.54. The predicted octanol–water partition coefficient (Wildman–Crippen LogP) is 4.06. The number of hydrogen-bond donors (Lipinski definition) is 1. The van der Waals surface area contributed by atoms with Crippen LogP contribution in [0.4, 0.5) is 14.6 Å². The fraction of sp³-hybridized carbons (Fsp3) is 0.355. The lowest BCUT2D eigenvalue weighted by Gasteiger charge is -2.40. The Morgan fingerprint density at radius 1 is 1.11 bits per heavy atom. The molecule has 13 heteroatoms. The minimum atomic E-state index is -1.03. The van der Waals surface area contributed by atoms with Crippen LogP contribution in [0.2, 0.25) is 0 Å². The summed E-state index contributed by atoms with van der Waals surface area (Å²) in [4.78, 5) is 48.0. The van der Waals surface area contributed by atoms with Crippen molar-refractivity contribution in [2.75, 3.05) is 31.1 Å². The first-order valence-electron chi connectivity index (χ1n) is 14.3. The lowest BCUT2D eigenvalue weighted by atomic mass is 10.0. The quantitative estimate of drug-likeness (QED) is 0.336. The summed E-state index contributed by atoms with van der Waals surface area (Å²) >= 11 is 0. The molecule has 11 nitrogen and oxygen atoms in total. The second-order valence-electron chi connectivity index (χ2n) is 11.4. The van der Waals surface area contributed by atoms with E-state index in [0.717, 1.165) is 6.07 Å². The molecule has 44 heavy (non-hydrogen) atoms. The average molecular weight is 604 g/mol. The molecule has 0 bridgehead atoms. The number of piperazine rings is 1. The van der Waals surface area contributed by atoms with E-state index in [0.29, 0.717) is 23.6 Å². The van der Waals surface area contributed by atoms with Crippen LogP contribution < -0.4 is 15.3 Å². The van der Waals surface area contributed by atoms with Crippen LogP contribution in [0.1, 0.15) is 50.9 Å². The van der Waals surface area contributed by atoms with E-state index in [2.05, 4.69) is 26.5 Å². The Balaban J connectivity index is 1.74. The largest absolute Gasteiger partial charge is 0.507 e. The molecule has 0 unspecified atom stereocenters. The molecule has 228 valence electrons. The first-order valence-corrected chi connectivity index (χ1v) is 14.3. The van der Waals surface area contributed by atoms with E-state index in [1.807, 2.05) is 32.6 Å². The molecule has 0 spiro atoms. The monoisotopic (exact) mass is 603 g/mol. The summed E-state index contributed by atoms with van der Waals surface area (Å²) in [6.07, 6.45) is 2.65. The Kier molecular flexibility index (Phi) is 7.26. The fourth-order valence-electron chi connectivity index (χ4n) is 5.90. The lowest BCUT2D eigenvalue weighted by molar-refractivity contribution is -0.126. The molecule has 1 saturated heterocycles. The van der Waals surface area contributed by atoms with Crippen LogP contribution in [0, 0.1) is 11.6 Å². The predicted molar refractivity (Wildman–Crippen MR) is 159 cm³/mol. The van der Waals surface area contributed by atoms with Crippen LogP contribution in [-0.4, -0.2) is 72.7 Å². The highest BCUT2D eigenvalue weighted by molar-refractivity contribution is 5.97. The van der Waals surface area contributed by atoms with Gasteiger partial charge < -0.3 is 19.6 Å². The molecular formula is C31H31F2N7O4. The molecule has 6 rings (SSSR count). The summed E-state index contributed by atoms with van der Waals surface area (Å²) in [6, 6.07) is 3.09. The van der Waals surface area contributed by atoms with Crippen LogP contribution in [0.25, 0.3) is 28.0 Å². The highest BCUT2D eigenvalue weighted by atomic mass is 19.1. The average Bonchev–Trinajstić information content (AvgIpc) is 3.15. The molecule has 0 saturated carbocycles. The van der Waals surface area contributed by atoms with E-state index >= 15 is 8.78 Å². The number of ether oxygens (including phenoxy) is 1. The number of phenols is 1. The van der Waals surface area contributed by atoms with E-state index in [1.165, 1.54) is 29.1 Å². The van der Waals surface area contributed by atoms with Gasteiger partial charge in [-0.1, -0.05) is 40.3 Å². The SMILES string of the molecule is C=CC(=O)N1CCN2c3nc(=O)n(-c4c(C(C)C)ncnc4C(C)C)c4nc(-c5c(O)cccc5F)c(F)c(c34)OC[C@H]2C1. The van der Waals surface area contributed by atoms with Crippen LogP contribution in [0.5, 0.6) is 11.5 Å². The molecule has 1 amide bonds. The topological polar surface area (TPSA) is 127 Å². The molecule has 1 fully saturated rings. The minimum Gasteiger partial charge on any atom is -0.507 e. The highest BCUT2D eigenvalue weighted by Gasteiger charge is 2.38. The summed E-state index contributed by atoms with van der Waals surface area (Å²) in [5, 5.41) is 10.7. The van der Waals surface area contributed by atoms with Gasteiger partial charge in [-0.25, -0.2) is 33.1 Å². The van der Waals surface area contributed by atoms with Gasteiger partial charge in [-0.15, -0.1) is 0 Å². The Morgan fingerprint density at radius 2 is 1.82 bits per heavy atom. The first kappa shape index (κ1) is 29.1. The Bertz CT molecular complexity index is 1850. The van der Waals surface area contributed by atoms with Gasteiger partial charge in [-0.3, -0.25) is 4.79 Å². The van der Waals surface area contributed by atoms with E-state index in [9.17, 15) is 14.7 Å². The second-order valence-corrected chi connectivity index (χ2v) is 11.4. The van der Waals surface area contributed by atoms with Crippen molar-refractivity contribution in [1.82, 2.24) is 29.4 Å². The van der Waals surface area contributed by atoms with Gasteiger partial charge in [-0.05, 0) is 30.0 Å². The summed E-state index contributed by atoms with van der Waals surface area (Å²) in [5.74, 6) is -3.22. The van der Waals surface area contributed by atoms with E-state index in [4.69, 9.17) is 4.74 Å². The van der Waals surface area contributed by atoms with Crippen molar-refractivity contribution < 1.29 is 23.4 Å². The number of benzene rings is 1. The van der Waals surface area contributed by atoms with E-state index < -0.39 is 40.4 Å². The number of halogens is 2. The van der Waals surface area contributed by atoms with Gasteiger partial charge in [0, 0.05) is 19.6 Å². The van der Waals surface area contributed by atoms with Crippen molar-refractivity contribution in [3.05, 3.63) is 70.7 Å². The Hall–Kier alpha value is -4.94. The Morgan fingerprint density at radius 3 is 2.45 bits per heavy atom. The number of aromatic hydroxyl groups is 1. The number of amides is 1. The van der Waals surface area contributed by atoms with Crippen LogP contribution in [0.3, 0.4) is 0 Å². The number of carbonyl (C=O) groups excluding carboxylic acids is 1. The first-order chi connectivity index (χ1) is 21.0. The number of rotatable bonds is 5. The molecule has 2 aliphatic heterocycles. The number of pyridine rings is 1. The van der Waals surface area contributed by atoms with Gasteiger partial charge in [0.2, 0.25) is 5.91 Å². The zero-order valence-corrected chi connectivity index (χ0v) is 24.7. The van der Waals surface area contributed by atoms with Crippen LogP contribution >= 0.6 is 0 Å². The number of aromatic nitrogens is 5. The van der Waals surface area contributed by atoms with Crippen molar-refractivity contribution in [2.45, 2.75) is 45.6 Å². The molecule has 2 aliphatic rings. The third-order valence-corrected chi connectivity index (χ3v) is 7.99. The maximum Gasteiger partial charge on any atom is 0.355 e. The smallest absolute Gasteiger partial charge is 0.355 e. The number of fused-ring (bicyclic) bond motifs is 2. The van der Waals surface area contributed by atoms with Gasteiger partial charge >= 0.3 is 5.69 Å². The van der Waals surface area contributed by atoms with E-state index in [-0.39, 0.29) is 60.0 Å². The Labute approximate surface area is 251 Å². The molecule has 0 aliphatic carbocycles. The highest BCUT2D eigenvalue weighted by Crippen LogP contribution is 2.44. The number of hydrogen-bond acceptors (Lipinski definition) is 9. The molecule has 1 aromatic carbocycles. The maximum absolute atomic E-state index is 16.5. The number of nitrogens with zero attached hydrogens (tertiary/aromatic N) is 7. The van der Waals surface area contributed by atoms with E-state index in [1.54, 1.807) is 4.90 Å². The molecule has 3 aromatic heterocycles. The van der Waals surface area contributed by atoms with Gasteiger partial charge in [0.05, 0.1) is 28.7 Å². The lowest BCUT2D eigenvalue weighted by Crippen LogP contribution is -2.56. The molecule has 0 radical (unpaired) electrons. The van der Waals surface area contributed by atoms with Gasteiger partial charge in [0.1, 0.15) is 41.4 Å². The fourth-order valence-corrected chi connectivity index (χ4v) is 5.90. The molecule has 1 atom stereocenters. The summed E-state index contributed by atoms with van der Waals surface area (Å²) < 4.78 is 39.1. The van der Waals surface area contributed by atoms with Gasteiger partial charge in [0.15, 0.2) is 17.2 Å². The summed E-state index contributed by atoms with van der Waals surface area (Å²) in [7, 11) is 0. The summed E-state index contributed by atoms with van der Waals surface area (Å²) in [6.45, 7) is 11.9. The normalized spacial score (nSPS) is 16.2. The van der Waals surface area contributed by atoms with Crippen molar-refractivity contribution in [2.24, 2.45) is 0 Å². The number of anilines is 1. The van der Waals surface area contributed by atoms with Crippen molar-refractivity contribution in [3.63, 3.8) is 0 Å². The van der Waals surface area contributed by atoms with Crippen molar-refractivity contribution in [3.8, 4) is 28.4 Å². The summed E-state index contributed by atoms with van der Waals surface area (Å²) in [5.41, 5.74) is -0.387. The second kappa shape index (κ2) is 11.0. The standard InChI is InChI=1S/C31H31F2N7O4/c1-6-20(42)38-10-11-39-17(12-38)13-44-28-22-29(39)37-31(43)40(27-24(15(2)3)34-14-35-25(27)16(4)5)30(22)36-26(23(28)33)21-18(32)8-7-9-19(21)41/h6-9,14-17,41H,1,10-13H2,2-5H3/t17-/m1/s1. The zero-order valence-electron chi connectivity index (χ0n) is 24.7. The molecule has 5 heterocycles. The van der Waals surface area contributed by atoms with Crippen molar-refractivity contribution >= 4 is 22.8 Å². The zero-order chi connectivity index (χ0) is 31.4. The van der Waals surface area contributed by atoms with Crippen LogP contribution in [-0.2, 0) is 4.79 Å². The third-order valence-electron chi connectivity index (χ3n) is 7.99. The van der Waals surface area contributed by atoms with Gasteiger partial charge in [0.25, 0.3) is 0 Å². The van der Waals surface area contributed by atoms with Gasteiger partial charge in [-0.2, -0.15) is 4.98 Å². The van der Waals surface area contributed by atoms with Crippen molar-refractivity contribution in [1.29, 1.82) is 0 Å². The molecule has 1 N–H and O–H groups in total.